The normalized spacial score (nSPS) is 16.9. The van der Waals surface area contributed by atoms with Crippen LogP contribution in [-0.2, 0) is 13.2 Å². The summed E-state index contributed by atoms with van der Waals surface area (Å²) >= 11 is 12.5. The smallest absolute Gasteiger partial charge is 0.180 e. The minimum atomic E-state index is 0.406. The highest BCUT2D eigenvalue weighted by Crippen LogP contribution is 2.37. The zero-order chi connectivity index (χ0) is 20.6. The number of likely N-dealkylation sites (N-methyl/N-ethyl adjacent to an activating group) is 1. The molecule has 0 amide bonds. The van der Waals surface area contributed by atoms with Gasteiger partial charge in [-0.1, -0.05) is 42.3 Å². The second-order valence-corrected chi connectivity index (χ2v) is 8.15. The van der Waals surface area contributed by atoms with Crippen molar-refractivity contribution in [2.45, 2.75) is 45.9 Å². The molecule has 2 aromatic rings. The molecule has 0 bridgehead atoms. The van der Waals surface area contributed by atoms with Gasteiger partial charge in [-0.2, -0.15) is 0 Å². The topological polar surface area (TPSA) is 33.7 Å². The van der Waals surface area contributed by atoms with Crippen LogP contribution in [0.15, 0.2) is 36.4 Å². The molecule has 1 heterocycles. The molecule has 1 saturated heterocycles. The molecule has 3 rings (SSSR count). The number of likely N-dealkylation sites (tertiary alicyclic amines) is 1. The maximum absolute atomic E-state index is 6.55. The standard InChI is InChI=1S/C23H30Cl2N2O2/c1-3-27-11-5-6-20(27)15-26-14-18-12-21(25)23(22(13-18)28-4-2)29-16-17-7-9-19(24)10-8-17/h7-10,12-13,20,26H,3-6,11,14-16H2,1-2H3/t20-/m1/s1. The number of ether oxygens (including phenoxy) is 2. The SMILES string of the molecule is CCOc1cc(CNC[C@H]2CCCN2CC)cc(Cl)c1OCc1ccc(Cl)cc1. The molecular weight excluding hydrogens is 407 g/mol. The Morgan fingerprint density at radius 3 is 2.59 bits per heavy atom. The lowest BCUT2D eigenvalue weighted by Crippen LogP contribution is -2.37. The molecular formula is C23H30Cl2N2O2. The first-order valence-electron chi connectivity index (χ1n) is 10.4. The van der Waals surface area contributed by atoms with Gasteiger partial charge in [0.2, 0.25) is 0 Å². The van der Waals surface area contributed by atoms with Crippen molar-refractivity contribution in [1.29, 1.82) is 0 Å². The first-order valence-corrected chi connectivity index (χ1v) is 11.1. The van der Waals surface area contributed by atoms with Crippen LogP contribution in [0.5, 0.6) is 11.5 Å². The van der Waals surface area contributed by atoms with Crippen molar-refractivity contribution in [3.05, 3.63) is 57.6 Å². The second kappa shape index (κ2) is 11.1. The van der Waals surface area contributed by atoms with E-state index in [1.807, 2.05) is 43.3 Å². The molecule has 1 aliphatic rings. The van der Waals surface area contributed by atoms with Gasteiger partial charge in [0.05, 0.1) is 11.6 Å². The van der Waals surface area contributed by atoms with E-state index < -0.39 is 0 Å². The fourth-order valence-corrected chi connectivity index (χ4v) is 4.20. The molecule has 1 atom stereocenters. The maximum Gasteiger partial charge on any atom is 0.180 e. The number of nitrogens with zero attached hydrogens (tertiary/aromatic N) is 1. The van der Waals surface area contributed by atoms with Crippen LogP contribution in [0.25, 0.3) is 0 Å². The lowest BCUT2D eigenvalue weighted by Gasteiger charge is -2.23. The van der Waals surface area contributed by atoms with Gasteiger partial charge in [0.1, 0.15) is 6.61 Å². The van der Waals surface area contributed by atoms with Crippen molar-refractivity contribution in [2.75, 3.05) is 26.2 Å². The van der Waals surface area contributed by atoms with Crippen LogP contribution in [-0.4, -0.2) is 37.2 Å². The summed E-state index contributed by atoms with van der Waals surface area (Å²) in [5, 5.41) is 4.85. The van der Waals surface area contributed by atoms with Gasteiger partial charge in [-0.05, 0) is 68.2 Å². The molecule has 0 unspecified atom stereocenters. The van der Waals surface area contributed by atoms with E-state index in [4.69, 9.17) is 32.7 Å². The summed E-state index contributed by atoms with van der Waals surface area (Å²) in [5.41, 5.74) is 2.12. The van der Waals surface area contributed by atoms with E-state index in [2.05, 4.69) is 17.1 Å². The summed E-state index contributed by atoms with van der Waals surface area (Å²) in [4.78, 5) is 2.54. The van der Waals surface area contributed by atoms with Crippen molar-refractivity contribution in [2.24, 2.45) is 0 Å². The summed E-state index contributed by atoms with van der Waals surface area (Å²) in [6.45, 7) is 9.22. The molecule has 0 aromatic heterocycles. The Morgan fingerprint density at radius 2 is 1.86 bits per heavy atom. The van der Waals surface area contributed by atoms with Crippen LogP contribution >= 0.6 is 23.2 Å². The number of halogens is 2. The van der Waals surface area contributed by atoms with Gasteiger partial charge >= 0.3 is 0 Å². The van der Waals surface area contributed by atoms with Crippen LogP contribution in [0.1, 0.15) is 37.8 Å². The number of benzene rings is 2. The number of hydrogen-bond acceptors (Lipinski definition) is 4. The number of rotatable bonds is 10. The van der Waals surface area contributed by atoms with Crippen molar-refractivity contribution >= 4 is 23.2 Å². The zero-order valence-corrected chi connectivity index (χ0v) is 18.7. The maximum atomic E-state index is 6.55. The van der Waals surface area contributed by atoms with E-state index in [9.17, 15) is 0 Å². The lowest BCUT2D eigenvalue weighted by atomic mass is 10.1. The van der Waals surface area contributed by atoms with Crippen LogP contribution < -0.4 is 14.8 Å². The van der Waals surface area contributed by atoms with Gasteiger partial charge in [0.25, 0.3) is 0 Å². The molecule has 0 saturated carbocycles. The van der Waals surface area contributed by atoms with E-state index >= 15 is 0 Å². The monoisotopic (exact) mass is 436 g/mol. The Balaban J connectivity index is 1.63. The Bertz CT molecular complexity index is 783. The first kappa shape index (κ1) is 22.2. The number of hydrogen-bond donors (Lipinski definition) is 1. The van der Waals surface area contributed by atoms with Gasteiger partial charge in [0, 0.05) is 24.2 Å². The van der Waals surface area contributed by atoms with E-state index in [-0.39, 0.29) is 0 Å². The second-order valence-electron chi connectivity index (χ2n) is 7.31. The fraction of sp³-hybridized carbons (Fsp3) is 0.478. The molecule has 1 fully saturated rings. The van der Waals surface area contributed by atoms with E-state index in [0.29, 0.717) is 40.8 Å². The van der Waals surface area contributed by atoms with E-state index in [1.54, 1.807) is 0 Å². The van der Waals surface area contributed by atoms with E-state index in [1.165, 1.54) is 19.4 Å². The summed E-state index contributed by atoms with van der Waals surface area (Å²) in [7, 11) is 0. The van der Waals surface area contributed by atoms with Crippen LogP contribution in [0.2, 0.25) is 10.0 Å². The average molecular weight is 437 g/mol. The zero-order valence-electron chi connectivity index (χ0n) is 17.2. The van der Waals surface area contributed by atoms with Gasteiger partial charge in [0.15, 0.2) is 11.5 Å². The number of nitrogens with one attached hydrogen (secondary N) is 1. The summed E-state index contributed by atoms with van der Waals surface area (Å²) in [6.07, 6.45) is 2.56. The molecule has 1 aliphatic heterocycles. The molecule has 29 heavy (non-hydrogen) atoms. The molecule has 0 radical (unpaired) electrons. The van der Waals surface area contributed by atoms with Crippen LogP contribution in [0.4, 0.5) is 0 Å². The predicted octanol–water partition coefficient (Wildman–Crippen LogP) is 5.55. The van der Waals surface area contributed by atoms with Gasteiger partial charge in [-0.3, -0.25) is 4.90 Å². The quantitative estimate of drug-likeness (QED) is 0.529. The van der Waals surface area contributed by atoms with Crippen molar-refractivity contribution in [1.82, 2.24) is 10.2 Å². The molecule has 4 nitrogen and oxygen atoms in total. The van der Waals surface area contributed by atoms with Crippen LogP contribution in [0, 0.1) is 0 Å². The molecule has 2 aromatic carbocycles. The van der Waals surface area contributed by atoms with Crippen molar-refractivity contribution < 1.29 is 9.47 Å². The Kier molecular flexibility index (Phi) is 8.49. The van der Waals surface area contributed by atoms with Gasteiger partial charge < -0.3 is 14.8 Å². The third-order valence-corrected chi connectivity index (χ3v) is 5.81. The highest BCUT2D eigenvalue weighted by Gasteiger charge is 2.22. The first-order chi connectivity index (χ1) is 14.1. The largest absolute Gasteiger partial charge is 0.490 e. The minimum absolute atomic E-state index is 0.406. The molecule has 1 N–H and O–H groups in total. The van der Waals surface area contributed by atoms with E-state index in [0.717, 1.165) is 30.8 Å². The highest BCUT2D eigenvalue weighted by molar-refractivity contribution is 6.32. The Morgan fingerprint density at radius 1 is 1.07 bits per heavy atom. The third-order valence-electron chi connectivity index (χ3n) is 5.28. The Hall–Kier alpha value is -1.46. The minimum Gasteiger partial charge on any atom is -0.490 e. The summed E-state index contributed by atoms with van der Waals surface area (Å²) < 4.78 is 11.8. The average Bonchev–Trinajstić information content (AvgIpc) is 3.16. The lowest BCUT2D eigenvalue weighted by molar-refractivity contribution is 0.259. The molecule has 158 valence electrons. The molecule has 6 heteroatoms. The van der Waals surface area contributed by atoms with Crippen LogP contribution in [0.3, 0.4) is 0 Å². The highest BCUT2D eigenvalue weighted by atomic mass is 35.5. The summed E-state index contributed by atoms with van der Waals surface area (Å²) in [6, 6.07) is 12.2. The fourth-order valence-electron chi connectivity index (χ4n) is 3.79. The van der Waals surface area contributed by atoms with Gasteiger partial charge in [-0.25, -0.2) is 0 Å². The van der Waals surface area contributed by atoms with Gasteiger partial charge in [-0.15, -0.1) is 0 Å². The van der Waals surface area contributed by atoms with Crippen molar-refractivity contribution in [3.63, 3.8) is 0 Å². The molecule has 0 spiro atoms. The Labute approximate surface area is 184 Å². The summed E-state index contributed by atoms with van der Waals surface area (Å²) in [5.74, 6) is 1.27. The molecule has 0 aliphatic carbocycles. The van der Waals surface area contributed by atoms with Crippen molar-refractivity contribution in [3.8, 4) is 11.5 Å². The third kappa shape index (κ3) is 6.26. The predicted molar refractivity (Wildman–Crippen MR) is 120 cm³/mol.